The van der Waals surface area contributed by atoms with Crippen LogP contribution < -0.4 is 0 Å². The van der Waals surface area contributed by atoms with E-state index in [0.717, 1.165) is 5.92 Å². The molecule has 124 valence electrons. The zero-order valence-corrected chi connectivity index (χ0v) is 20.9. The molecule has 2 radical (unpaired) electrons. The fourth-order valence-electron chi connectivity index (χ4n) is 2.53. The van der Waals surface area contributed by atoms with Gasteiger partial charge in [0.05, 0.1) is 0 Å². The van der Waals surface area contributed by atoms with Gasteiger partial charge in [0.1, 0.15) is 0 Å². The van der Waals surface area contributed by atoms with Gasteiger partial charge in [-0.2, -0.15) is 0 Å². The van der Waals surface area contributed by atoms with Crippen molar-refractivity contribution in [2.24, 2.45) is 5.92 Å². The summed E-state index contributed by atoms with van der Waals surface area (Å²) >= 11 is 0.0714. The quantitative estimate of drug-likeness (QED) is 0.398. The molecule has 2 aliphatic carbocycles. The molecule has 0 aromatic carbocycles. The molecule has 1 atom stereocenters. The Balaban J connectivity index is 0. The number of hydrogen-bond acceptors (Lipinski definition) is 0. The molecule has 0 spiro atoms. The van der Waals surface area contributed by atoms with Crippen molar-refractivity contribution >= 4 is 40.2 Å². The first-order valence-electron chi connectivity index (χ1n) is 7.74. The average Bonchev–Trinajstić information content (AvgIpc) is 3.01. The monoisotopic (exact) mass is 480 g/mol. The van der Waals surface area contributed by atoms with Gasteiger partial charge >= 0.3 is 145 Å². The number of allylic oxidation sites excluding steroid dienone is 8. The van der Waals surface area contributed by atoms with Crippen molar-refractivity contribution in [1.29, 1.82) is 0 Å². The summed E-state index contributed by atoms with van der Waals surface area (Å²) in [6.07, 6.45) is 8.09. The van der Waals surface area contributed by atoms with E-state index in [-0.39, 0.29) is 24.8 Å². The van der Waals surface area contributed by atoms with Crippen molar-refractivity contribution in [2.75, 3.05) is 0 Å². The molecule has 22 heavy (non-hydrogen) atoms. The minimum absolute atomic E-state index is 0. The summed E-state index contributed by atoms with van der Waals surface area (Å²) < 4.78 is 3.55. The van der Waals surface area contributed by atoms with E-state index in [1.54, 1.807) is 20.0 Å². The standard InChI is InChI=1S/C9H13.C5H5.C4H10Ge.2ClH.Zr/c1-6-5-7(2)9(4)8(6)3;1-2-4-5-3-1;1-3-5-4-2;;;/h6H,1-4H3;1-3H,4H2;3-4H2,1-2H3;2*1H;. The summed E-state index contributed by atoms with van der Waals surface area (Å²) in [6.45, 7) is 13.8. The predicted molar refractivity (Wildman–Crippen MR) is 103 cm³/mol. The third-order valence-electron chi connectivity index (χ3n) is 4.21. The Morgan fingerprint density at radius 3 is 2.00 bits per heavy atom. The first kappa shape index (κ1) is 25.2. The maximum Gasteiger partial charge on any atom is -0.147 e. The molecule has 0 aromatic rings. The van der Waals surface area contributed by atoms with Gasteiger partial charge in [0.2, 0.25) is 0 Å². The van der Waals surface area contributed by atoms with E-state index >= 15 is 0 Å². The van der Waals surface area contributed by atoms with Crippen molar-refractivity contribution in [3.8, 4) is 0 Å². The van der Waals surface area contributed by atoms with Crippen LogP contribution in [0.5, 0.6) is 0 Å². The van der Waals surface area contributed by atoms with Gasteiger partial charge in [-0.1, -0.05) is 0 Å². The summed E-state index contributed by atoms with van der Waals surface area (Å²) in [7, 11) is 0. The van der Waals surface area contributed by atoms with E-state index in [1.807, 2.05) is 3.28 Å². The number of hydrogen-bond donors (Lipinski definition) is 0. The van der Waals surface area contributed by atoms with Crippen molar-refractivity contribution < 1.29 is 23.2 Å². The first-order chi connectivity index (χ1) is 9.52. The average molecular weight is 481 g/mol. The SMILES string of the molecule is CC1=C(C)C(C)[C]([Zr][C]2=CC=CC2)=C1C.C[CH2][Ge][CH2]C.Cl.Cl. The zero-order valence-electron chi connectivity index (χ0n) is 14.7. The van der Waals surface area contributed by atoms with Gasteiger partial charge in [0.25, 0.3) is 0 Å². The summed E-state index contributed by atoms with van der Waals surface area (Å²) in [5.74, 6) is 0.734. The van der Waals surface area contributed by atoms with Crippen molar-refractivity contribution in [3.05, 3.63) is 41.5 Å². The fraction of sp³-hybridized carbons (Fsp3) is 0.556. The molecule has 0 saturated carbocycles. The van der Waals surface area contributed by atoms with Crippen LogP contribution in [0.3, 0.4) is 0 Å². The molecule has 2 aliphatic rings. The summed E-state index contributed by atoms with van der Waals surface area (Å²) in [6, 6.07) is 0. The normalized spacial score (nSPS) is 19.2. The van der Waals surface area contributed by atoms with Gasteiger partial charge in [-0.3, -0.25) is 0 Å². The van der Waals surface area contributed by atoms with Gasteiger partial charge in [0, 0.05) is 0 Å². The van der Waals surface area contributed by atoms with Crippen LogP contribution in [-0.4, -0.2) is 15.4 Å². The van der Waals surface area contributed by atoms with Gasteiger partial charge < -0.3 is 0 Å². The van der Waals surface area contributed by atoms with E-state index in [2.05, 4.69) is 59.8 Å². The third-order valence-corrected chi connectivity index (χ3v) is 10.7. The third kappa shape index (κ3) is 7.24. The Morgan fingerprint density at radius 2 is 1.68 bits per heavy atom. The minimum atomic E-state index is -0.456. The van der Waals surface area contributed by atoms with Crippen molar-refractivity contribution in [2.45, 2.75) is 58.5 Å². The van der Waals surface area contributed by atoms with Crippen LogP contribution in [0.25, 0.3) is 0 Å². The van der Waals surface area contributed by atoms with Crippen LogP contribution in [0.1, 0.15) is 48.0 Å². The second-order valence-corrected chi connectivity index (χ2v) is 13.0. The molecule has 1 unspecified atom stereocenters. The largest absolute Gasteiger partial charge is 0.147 e. The van der Waals surface area contributed by atoms with Crippen LogP contribution in [0.2, 0.25) is 10.5 Å². The molecule has 0 aliphatic heterocycles. The van der Waals surface area contributed by atoms with Crippen molar-refractivity contribution in [3.63, 3.8) is 0 Å². The maximum absolute atomic E-state index is 2.38. The van der Waals surface area contributed by atoms with Gasteiger partial charge in [0.15, 0.2) is 0 Å². The minimum Gasteiger partial charge on any atom is -0.147 e. The molecule has 0 amide bonds. The molecule has 0 bridgehead atoms. The zero-order chi connectivity index (χ0) is 15.1. The molecule has 0 N–H and O–H groups in total. The molecule has 4 heteroatoms. The Bertz CT molecular complexity index is 460. The van der Waals surface area contributed by atoms with Crippen LogP contribution in [0.15, 0.2) is 41.5 Å². The smallest absolute Gasteiger partial charge is 0.147 e. The van der Waals surface area contributed by atoms with E-state index in [0.29, 0.717) is 15.4 Å². The summed E-state index contributed by atoms with van der Waals surface area (Å²) in [5.41, 5.74) is 4.78. The summed E-state index contributed by atoms with van der Waals surface area (Å²) in [5, 5.41) is 2.94. The van der Waals surface area contributed by atoms with Crippen molar-refractivity contribution in [1.82, 2.24) is 0 Å². The van der Waals surface area contributed by atoms with Crippen LogP contribution in [0.4, 0.5) is 0 Å². The Hall–Kier alpha value is 0.966. The molecule has 2 rings (SSSR count). The maximum atomic E-state index is 2.38. The Morgan fingerprint density at radius 1 is 1.09 bits per heavy atom. The van der Waals surface area contributed by atoms with Gasteiger partial charge in [-0.05, 0) is 0 Å². The molecule has 0 saturated heterocycles. The number of rotatable bonds is 4. The molecule has 0 aromatic heterocycles. The van der Waals surface area contributed by atoms with Gasteiger partial charge in [-0.25, -0.2) is 0 Å². The van der Waals surface area contributed by atoms with E-state index < -0.39 is 23.2 Å². The fourth-order valence-corrected chi connectivity index (χ4v) is 7.40. The van der Waals surface area contributed by atoms with E-state index in [4.69, 9.17) is 0 Å². The summed E-state index contributed by atoms with van der Waals surface area (Å²) in [4.78, 5) is 0. The second kappa shape index (κ2) is 13.3. The van der Waals surface area contributed by atoms with Crippen LogP contribution >= 0.6 is 24.8 Å². The molecule has 0 nitrogen and oxygen atoms in total. The van der Waals surface area contributed by atoms with Crippen LogP contribution in [-0.2, 0) is 23.2 Å². The topological polar surface area (TPSA) is 0 Å². The molecular weight excluding hydrogens is 451 g/mol. The molecule has 0 heterocycles. The van der Waals surface area contributed by atoms with Crippen LogP contribution in [0, 0.1) is 5.92 Å². The Labute approximate surface area is 168 Å². The van der Waals surface area contributed by atoms with Gasteiger partial charge in [-0.15, -0.1) is 24.8 Å². The number of halogens is 2. The Kier molecular flexibility index (Phi) is 15.2. The van der Waals surface area contributed by atoms with E-state index in [1.165, 1.54) is 16.9 Å². The molecule has 0 fully saturated rings. The predicted octanol–water partition coefficient (Wildman–Crippen LogP) is 6.58. The van der Waals surface area contributed by atoms with E-state index in [9.17, 15) is 0 Å². The first-order valence-corrected chi connectivity index (χ1v) is 13.2. The second-order valence-electron chi connectivity index (χ2n) is 5.47. The molecular formula is C18H30Cl2GeZr.